The average Bonchev–Trinajstić information content (AvgIpc) is 3.25. The number of hydrogen-bond acceptors (Lipinski definition) is 5. The molecule has 7 nitrogen and oxygen atoms in total. The van der Waals surface area contributed by atoms with Crippen molar-refractivity contribution in [2.45, 2.75) is 19.8 Å². The monoisotopic (exact) mass is 350 g/mol. The van der Waals surface area contributed by atoms with Gasteiger partial charge in [-0.3, -0.25) is 13.9 Å². The van der Waals surface area contributed by atoms with Gasteiger partial charge in [-0.2, -0.15) is 0 Å². The Kier molecular flexibility index (Phi) is 3.72. The summed E-state index contributed by atoms with van der Waals surface area (Å²) in [6, 6.07) is 7.90. The third kappa shape index (κ3) is 2.61. The molecule has 0 N–H and O–H groups in total. The lowest BCUT2D eigenvalue weighted by Gasteiger charge is -2.05. The fourth-order valence-corrected chi connectivity index (χ4v) is 3.23. The first-order valence-electron chi connectivity index (χ1n) is 8.31. The van der Waals surface area contributed by atoms with Gasteiger partial charge in [-0.1, -0.05) is 12.1 Å². The molecule has 0 saturated carbocycles. The van der Waals surface area contributed by atoms with Crippen LogP contribution in [0.1, 0.15) is 16.8 Å². The van der Waals surface area contributed by atoms with E-state index < -0.39 is 0 Å². The van der Waals surface area contributed by atoms with Gasteiger partial charge in [0.2, 0.25) is 5.89 Å². The molecule has 4 rings (SSSR count). The SMILES string of the molecule is Cc1coc(-c2cccc(CC3=Nc4c(c(=O)n(C)c(=O)n4C)C3)c2)n1. The standard InChI is InChI=1S/C19H18N4O3/c1-11-10-26-17(20-11)13-6-4-5-12(7-13)8-14-9-15-16(21-14)22(2)19(25)23(3)18(15)24/h4-7,10H,8-9H2,1-3H3. The van der Waals surface area contributed by atoms with Crippen LogP contribution in [0.15, 0.2) is 49.5 Å². The highest BCUT2D eigenvalue weighted by Crippen LogP contribution is 2.25. The molecule has 0 atom stereocenters. The van der Waals surface area contributed by atoms with E-state index in [1.165, 1.54) is 11.6 Å². The normalized spacial score (nSPS) is 13.0. The van der Waals surface area contributed by atoms with Gasteiger partial charge in [0, 0.05) is 38.2 Å². The molecular weight excluding hydrogens is 332 g/mol. The molecule has 132 valence electrons. The Morgan fingerprint density at radius 1 is 1.19 bits per heavy atom. The van der Waals surface area contributed by atoms with Crippen molar-refractivity contribution in [3.05, 3.63) is 68.2 Å². The third-order valence-corrected chi connectivity index (χ3v) is 4.57. The number of rotatable bonds is 3. The van der Waals surface area contributed by atoms with Gasteiger partial charge in [0.05, 0.1) is 11.3 Å². The van der Waals surface area contributed by atoms with Gasteiger partial charge < -0.3 is 4.42 Å². The van der Waals surface area contributed by atoms with Gasteiger partial charge in [0.25, 0.3) is 5.56 Å². The Bertz CT molecular complexity index is 1160. The second-order valence-electron chi connectivity index (χ2n) is 6.53. The molecule has 1 aliphatic heterocycles. The van der Waals surface area contributed by atoms with Gasteiger partial charge >= 0.3 is 5.69 Å². The summed E-state index contributed by atoms with van der Waals surface area (Å²) in [4.78, 5) is 33.3. The minimum atomic E-state index is -0.361. The molecule has 1 aromatic carbocycles. The number of aromatic nitrogens is 3. The first-order chi connectivity index (χ1) is 12.4. The summed E-state index contributed by atoms with van der Waals surface area (Å²) in [5.41, 5.74) is 3.58. The molecule has 3 aromatic rings. The topological polar surface area (TPSA) is 82.4 Å². The van der Waals surface area contributed by atoms with Crippen molar-refractivity contribution < 1.29 is 4.42 Å². The van der Waals surface area contributed by atoms with Gasteiger partial charge in [-0.25, -0.2) is 14.8 Å². The molecule has 0 amide bonds. The zero-order valence-corrected chi connectivity index (χ0v) is 14.8. The Morgan fingerprint density at radius 3 is 2.73 bits per heavy atom. The Morgan fingerprint density at radius 2 is 2.00 bits per heavy atom. The van der Waals surface area contributed by atoms with Crippen molar-refractivity contribution in [1.29, 1.82) is 0 Å². The van der Waals surface area contributed by atoms with E-state index in [0.717, 1.165) is 27.1 Å². The maximum atomic E-state index is 12.3. The van der Waals surface area contributed by atoms with Crippen LogP contribution in [0.5, 0.6) is 0 Å². The number of oxazole rings is 1. The lowest BCUT2D eigenvalue weighted by molar-refractivity contribution is 0.573. The largest absolute Gasteiger partial charge is 0.444 e. The molecule has 2 aromatic heterocycles. The van der Waals surface area contributed by atoms with E-state index in [1.807, 2.05) is 31.2 Å². The number of fused-ring (bicyclic) bond motifs is 1. The smallest absolute Gasteiger partial charge is 0.332 e. The van der Waals surface area contributed by atoms with Crippen molar-refractivity contribution >= 4 is 11.5 Å². The van der Waals surface area contributed by atoms with E-state index in [-0.39, 0.29) is 11.2 Å². The summed E-state index contributed by atoms with van der Waals surface area (Å²) in [5.74, 6) is 1.05. The van der Waals surface area contributed by atoms with Crippen molar-refractivity contribution in [3.8, 4) is 11.5 Å². The quantitative estimate of drug-likeness (QED) is 0.722. The Hall–Kier alpha value is -3.22. The highest BCUT2D eigenvalue weighted by molar-refractivity contribution is 5.94. The van der Waals surface area contributed by atoms with E-state index in [0.29, 0.717) is 30.1 Å². The van der Waals surface area contributed by atoms with Crippen molar-refractivity contribution in [3.63, 3.8) is 0 Å². The molecule has 26 heavy (non-hydrogen) atoms. The maximum Gasteiger partial charge on any atom is 0.332 e. The fourth-order valence-electron chi connectivity index (χ4n) is 3.23. The molecule has 0 spiro atoms. The van der Waals surface area contributed by atoms with Crippen LogP contribution in [0.4, 0.5) is 5.82 Å². The summed E-state index contributed by atoms with van der Waals surface area (Å²) in [5, 5.41) is 0. The van der Waals surface area contributed by atoms with Gasteiger partial charge in [-0.15, -0.1) is 0 Å². The summed E-state index contributed by atoms with van der Waals surface area (Å²) in [6.07, 6.45) is 2.67. The summed E-state index contributed by atoms with van der Waals surface area (Å²) in [6.45, 7) is 1.88. The molecule has 0 unspecified atom stereocenters. The fraction of sp³-hybridized carbons (Fsp3) is 0.263. The average molecular weight is 350 g/mol. The molecule has 1 aliphatic rings. The van der Waals surface area contributed by atoms with E-state index in [4.69, 9.17) is 4.42 Å². The molecule has 0 bridgehead atoms. The lowest BCUT2D eigenvalue weighted by atomic mass is 10.0. The predicted octanol–water partition coefficient (Wildman–Crippen LogP) is 1.92. The molecule has 0 saturated heterocycles. The van der Waals surface area contributed by atoms with Crippen LogP contribution < -0.4 is 11.2 Å². The first kappa shape index (κ1) is 16.3. The molecule has 7 heteroatoms. The van der Waals surface area contributed by atoms with Crippen LogP contribution in [-0.4, -0.2) is 19.8 Å². The maximum absolute atomic E-state index is 12.3. The van der Waals surface area contributed by atoms with Crippen LogP contribution in [-0.2, 0) is 26.9 Å². The molecular formula is C19H18N4O3. The van der Waals surface area contributed by atoms with Crippen LogP contribution in [0.25, 0.3) is 11.5 Å². The zero-order chi connectivity index (χ0) is 18.4. The number of hydrogen-bond donors (Lipinski definition) is 0. The molecule has 0 aliphatic carbocycles. The highest BCUT2D eigenvalue weighted by atomic mass is 16.3. The highest BCUT2D eigenvalue weighted by Gasteiger charge is 2.23. The predicted molar refractivity (Wildman–Crippen MR) is 98.1 cm³/mol. The molecule has 3 heterocycles. The number of aliphatic imine (C=N–C) groups is 1. The minimum Gasteiger partial charge on any atom is -0.444 e. The van der Waals surface area contributed by atoms with Crippen molar-refractivity contribution in [2.24, 2.45) is 19.1 Å². The van der Waals surface area contributed by atoms with Crippen LogP contribution in [0, 0.1) is 6.92 Å². The third-order valence-electron chi connectivity index (χ3n) is 4.57. The Labute approximate surface area is 149 Å². The van der Waals surface area contributed by atoms with Gasteiger partial charge in [0.1, 0.15) is 12.1 Å². The second-order valence-corrected chi connectivity index (χ2v) is 6.53. The van der Waals surface area contributed by atoms with E-state index in [1.54, 1.807) is 13.3 Å². The second kappa shape index (κ2) is 5.94. The summed E-state index contributed by atoms with van der Waals surface area (Å²) < 4.78 is 8.01. The number of aryl methyl sites for hydroxylation is 1. The van der Waals surface area contributed by atoms with Crippen LogP contribution in [0.3, 0.4) is 0 Å². The van der Waals surface area contributed by atoms with E-state index in [9.17, 15) is 9.59 Å². The molecule has 0 radical (unpaired) electrons. The first-order valence-corrected chi connectivity index (χ1v) is 8.31. The number of benzene rings is 1. The lowest BCUT2D eigenvalue weighted by Crippen LogP contribution is -2.38. The number of nitrogens with zero attached hydrogens (tertiary/aromatic N) is 4. The van der Waals surface area contributed by atoms with Crippen LogP contribution >= 0.6 is 0 Å². The van der Waals surface area contributed by atoms with E-state index in [2.05, 4.69) is 9.98 Å². The molecule has 0 fully saturated rings. The van der Waals surface area contributed by atoms with Crippen molar-refractivity contribution in [2.75, 3.05) is 0 Å². The summed E-state index contributed by atoms with van der Waals surface area (Å²) in [7, 11) is 3.13. The van der Waals surface area contributed by atoms with Crippen molar-refractivity contribution in [1.82, 2.24) is 14.1 Å². The van der Waals surface area contributed by atoms with Gasteiger partial charge in [-0.05, 0) is 24.6 Å². The Balaban J connectivity index is 1.65. The minimum absolute atomic E-state index is 0.272. The van der Waals surface area contributed by atoms with Gasteiger partial charge in [0.15, 0.2) is 0 Å². The van der Waals surface area contributed by atoms with E-state index >= 15 is 0 Å². The van der Waals surface area contributed by atoms with Crippen LogP contribution in [0.2, 0.25) is 0 Å². The zero-order valence-electron chi connectivity index (χ0n) is 14.8. The summed E-state index contributed by atoms with van der Waals surface area (Å²) >= 11 is 0.